The van der Waals surface area contributed by atoms with Crippen LogP contribution in [-0.4, -0.2) is 62.1 Å². The second kappa shape index (κ2) is 11.2. The maximum absolute atomic E-state index is 12.0. The van der Waals surface area contributed by atoms with Crippen LogP contribution in [0.1, 0.15) is 18.1 Å². The molecule has 0 atom stereocenters. The van der Waals surface area contributed by atoms with Gasteiger partial charge in [-0.25, -0.2) is 0 Å². The summed E-state index contributed by atoms with van der Waals surface area (Å²) in [5.74, 6) is -0.308. The summed E-state index contributed by atoms with van der Waals surface area (Å²) in [7, 11) is 0. The van der Waals surface area contributed by atoms with Gasteiger partial charge in [0.05, 0.1) is 21.6 Å². The van der Waals surface area contributed by atoms with Gasteiger partial charge in [-0.3, -0.25) is 14.9 Å². The van der Waals surface area contributed by atoms with Crippen LogP contribution in [0.3, 0.4) is 0 Å². The number of rotatable bonds is 6. The third-order valence-corrected chi connectivity index (χ3v) is 4.61. The molecule has 0 fully saturated rings. The van der Waals surface area contributed by atoms with Gasteiger partial charge in [0.15, 0.2) is 5.78 Å². The van der Waals surface area contributed by atoms with Gasteiger partial charge in [0, 0.05) is 79.0 Å². The SMILES string of the molecule is CC(=O)C(=CSNc1c(Cl)cccc1[N+](=O)[O-])c1c(Cl)cccc1C#N.[K]. The molecule has 0 spiro atoms. The van der Waals surface area contributed by atoms with Crippen molar-refractivity contribution < 1.29 is 9.72 Å². The minimum atomic E-state index is -0.563. The normalized spacial score (nSPS) is 10.5. The number of nitriles is 1. The summed E-state index contributed by atoms with van der Waals surface area (Å²) in [4.78, 5) is 22.6. The van der Waals surface area contributed by atoms with E-state index < -0.39 is 4.92 Å². The van der Waals surface area contributed by atoms with Crippen LogP contribution in [0.2, 0.25) is 10.0 Å². The van der Waals surface area contributed by atoms with Crippen molar-refractivity contribution >= 4 is 109 Å². The van der Waals surface area contributed by atoms with E-state index in [1.54, 1.807) is 18.2 Å². The first-order valence-corrected chi connectivity index (χ1v) is 8.75. The minimum Gasteiger partial charge on any atom is -0.319 e. The number of nitro benzene ring substituents is 1. The van der Waals surface area contributed by atoms with Crippen LogP contribution in [0.5, 0.6) is 0 Å². The largest absolute Gasteiger partial charge is 0.319 e. The van der Waals surface area contributed by atoms with Gasteiger partial charge in [0.1, 0.15) is 5.69 Å². The number of ketones is 1. The number of nitrogens with one attached hydrogen (secondary N) is 1. The van der Waals surface area contributed by atoms with E-state index >= 15 is 0 Å². The van der Waals surface area contributed by atoms with Gasteiger partial charge in [-0.1, -0.05) is 35.3 Å². The molecule has 1 radical (unpaired) electrons. The molecule has 0 aliphatic heterocycles. The number of nitrogens with zero attached hydrogens (tertiary/aromatic N) is 2. The molecule has 0 unspecified atom stereocenters. The molecule has 0 aromatic heterocycles. The van der Waals surface area contributed by atoms with E-state index in [-0.39, 0.29) is 89.7 Å². The number of hydrogen-bond acceptors (Lipinski definition) is 6. The summed E-state index contributed by atoms with van der Waals surface area (Å²) >= 11 is 13.1. The molecule has 2 aromatic carbocycles. The number of carbonyl (C=O) groups excluding carboxylic acids is 1. The van der Waals surface area contributed by atoms with Crippen molar-refractivity contribution in [2.75, 3.05) is 4.72 Å². The van der Waals surface area contributed by atoms with Gasteiger partial charge in [-0.15, -0.1) is 0 Å². The molecule has 2 aromatic rings. The molecule has 0 amide bonds. The quantitative estimate of drug-likeness (QED) is 0.218. The molecule has 27 heavy (non-hydrogen) atoms. The molecule has 133 valence electrons. The van der Waals surface area contributed by atoms with E-state index in [4.69, 9.17) is 23.2 Å². The maximum Gasteiger partial charge on any atom is 0.294 e. The number of anilines is 1. The number of Topliss-reactive ketones (excluding diaryl/α,β-unsaturated/α-hetero) is 1. The number of nitro groups is 1. The Bertz CT molecular complexity index is 961. The topological polar surface area (TPSA) is 96.0 Å². The summed E-state index contributed by atoms with van der Waals surface area (Å²) in [5.41, 5.74) is 0.691. The summed E-state index contributed by atoms with van der Waals surface area (Å²) in [6.45, 7) is 1.34. The second-order valence-corrected chi connectivity index (χ2v) is 6.46. The van der Waals surface area contributed by atoms with Crippen LogP contribution in [0, 0.1) is 21.4 Å². The first kappa shape index (κ1) is 24.1. The van der Waals surface area contributed by atoms with Crippen LogP contribution < -0.4 is 4.72 Å². The van der Waals surface area contributed by atoms with Crippen LogP contribution in [0.15, 0.2) is 41.8 Å². The zero-order valence-electron chi connectivity index (χ0n) is 14.3. The summed E-state index contributed by atoms with van der Waals surface area (Å²) in [6, 6.07) is 11.0. The van der Waals surface area contributed by atoms with E-state index in [1.807, 2.05) is 6.07 Å². The molecule has 10 heteroatoms. The van der Waals surface area contributed by atoms with Crippen molar-refractivity contribution in [2.45, 2.75) is 6.92 Å². The van der Waals surface area contributed by atoms with Crippen LogP contribution in [0.4, 0.5) is 11.4 Å². The van der Waals surface area contributed by atoms with Crippen molar-refractivity contribution in [3.63, 3.8) is 0 Å². The predicted molar refractivity (Wildman–Crippen MR) is 110 cm³/mol. The fourth-order valence-corrected chi connectivity index (χ4v) is 3.46. The zero-order valence-corrected chi connectivity index (χ0v) is 19.8. The summed E-state index contributed by atoms with van der Waals surface area (Å²) < 4.78 is 2.76. The monoisotopic (exact) mass is 446 g/mol. The third-order valence-electron chi connectivity index (χ3n) is 3.31. The molecule has 0 saturated carbocycles. The van der Waals surface area contributed by atoms with Gasteiger partial charge in [0.2, 0.25) is 0 Å². The maximum atomic E-state index is 12.0. The number of para-hydroxylation sites is 1. The minimum absolute atomic E-state index is 0. The Kier molecular flexibility index (Phi) is 10.0. The van der Waals surface area contributed by atoms with Crippen LogP contribution in [-0.2, 0) is 4.79 Å². The fourth-order valence-electron chi connectivity index (χ4n) is 2.12. The number of carbonyl (C=O) groups is 1. The van der Waals surface area contributed by atoms with Crippen molar-refractivity contribution in [2.24, 2.45) is 0 Å². The van der Waals surface area contributed by atoms with E-state index in [2.05, 4.69) is 4.72 Å². The fraction of sp³-hybridized carbons (Fsp3) is 0.0588. The van der Waals surface area contributed by atoms with E-state index in [0.29, 0.717) is 5.56 Å². The van der Waals surface area contributed by atoms with Crippen molar-refractivity contribution in [3.8, 4) is 6.07 Å². The van der Waals surface area contributed by atoms with Crippen molar-refractivity contribution in [1.29, 1.82) is 5.26 Å². The Morgan fingerprint density at radius 2 is 1.89 bits per heavy atom. The molecule has 0 saturated heterocycles. The zero-order chi connectivity index (χ0) is 19.3. The molecule has 2 rings (SSSR count). The Morgan fingerprint density at radius 1 is 1.26 bits per heavy atom. The van der Waals surface area contributed by atoms with Crippen molar-refractivity contribution in [3.05, 3.63) is 73.1 Å². The summed E-state index contributed by atoms with van der Waals surface area (Å²) in [5, 5.41) is 22.2. The number of benzene rings is 2. The first-order valence-electron chi connectivity index (χ1n) is 7.11. The van der Waals surface area contributed by atoms with Gasteiger partial charge < -0.3 is 4.72 Å². The Labute approximate surface area is 212 Å². The average Bonchev–Trinajstić information content (AvgIpc) is 2.59. The molecule has 1 N–H and O–H groups in total. The summed E-state index contributed by atoms with van der Waals surface area (Å²) in [6.07, 6.45) is 0. The average molecular weight is 447 g/mol. The number of halogens is 2. The van der Waals surface area contributed by atoms with E-state index in [1.165, 1.54) is 30.5 Å². The molecule has 0 bridgehead atoms. The molecular formula is C17H11Cl2KN3O3S. The smallest absolute Gasteiger partial charge is 0.294 e. The van der Waals surface area contributed by atoms with Crippen LogP contribution >= 0.6 is 35.1 Å². The molecule has 0 heterocycles. The van der Waals surface area contributed by atoms with Gasteiger partial charge in [0.25, 0.3) is 5.69 Å². The molecular weight excluding hydrogens is 436 g/mol. The number of allylic oxidation sites excluding steroid dienone is 1. The molecule has 6 nitrogen and oxygen atoms in total. The van der Waals surface area contributed by atoms with Gasteiger partial charge >= 0.3 is 0 Å². The van der Waals surface area contributed by atoms with E-state index in [9.17, 15) is 20.2 Å². The Morgan fingerprint density at radius 3 is 2.48 bits per heavy atom. The van der Waals surface area contributed by atoms with Crippen LogP contribution in [0.25, 0.3) is 5.57 Å². The standard InChI is InChI=1S/C17H11Cl2N3O3S.K/c1-10(23)12(16-11(8-20)4-2-5-13(16)18)9-26-21-17-14(19)6-3-7-15(17)22(24)25;/h2-7,9,21H,1H3;. The Balaban J connectivity index is 0.00000364. The molecule has 0 aliphatic carbocycles. The Hall–Kier alpha value is -0.894. The predicted octanol–water partition coefficient (Wildman–Crippen LogP) is 5.08. The van der Waals surface area contributed by atoms with Crippen molar-refractivity contribution in [1.82, 2.24) is 0 Å². The van der Waals surface area contributed by atoms with Gasteiger partial charge in [-0.2, -0.15) is 5.26 Å². The first-order chi connectivity index (χ1) is 12.4. The van der Waals surface area contributed by atoms with E-state index in [0.717, 1.165) is 11.9 Å². The number of hydrogen-bond donors (Lipinski definition) is 1. The third kappa shape index (κ3) is 6.04. The molecule has 0 aliphatic rings. The van der Waals surface area contributed by atoms with Gasteiger partial charge in [-0.05, 0) is 37.1 Å². The second-order valence-electron chi connectivity index (χ2n) is 4.97.